The minimum Gasteiger partial charge on any atom is -0.497 e. The fraction of sp³-hybridized carbons (Fsp3) is 0.471. The van der Waals surface area contributed by atoms with Gasteiger partial charge >= 0.3 is 0 Å². The highest BCUT2D eigenvalue weighted by atomic mass is 16.5. The van der Waals surface area contributed by atoms with E-state index in [-0.39, 0.29) is 0 Å². The van der Waals surface area contributed by atoms with Crippen LogP contribution in [0, 0.1) is 5.92 Å². The van der Waals surface area contributed by atoms with E-state index in [1.807, 2.05) is 24.8 Å². The minimum atomic E-state index is 0.499. The lowest BCUT2D eigenvalue weighted by molar-refractivity contribution is 0.243. The molecule has 0 saturated carbocycles. The molecule has 4 nitrogen and oxygen atoms in total. The predicted molar refractivity (Wildman–Crippen MR) is 83.3 cm³/mol. The molecule has 1 aliphatic rings. The van der Waals surface area contributed by atoms with Gasteiger partial charge < -0.3 is 9.30 Å². The average Bonchev–Trinajstić information content (AvgIpc) is 3.14. The van der Waals surface area contributed by atoms with Gasteiger partial charge in [-0.3, -0.25) is 4.90 Å². The Hall–Kier alpha value is -1.81. The first-order valence-corrected chi connectivity index (χ1v) is 7.60. The maximum Gasteiger partial charge on any atom is 0.119 e. The van der Waals surface area contributed by atoms with E-state index in [1.54, 1.807) is 7.11 Å². The summed E-state index contributed by atoms with van der Waals surface area (Å²) in [6.45, 7) is 5.55. The molecule has 0 spiro atoms. The number of imidazole rings is 1. The van der Waals surface area contributed by atoms with E-state index < -0.39 is 0 Å². The number of ether oxygens (including phenoxy) is 1. The van der Waals surface area contributed by atoms with Gasteiger partial charge in [-0.2, -0.15) is 0 Å². The van der Waals surface area contributed by atoms with Crippen molar-refractivity contribution in [1.82, 2.24) is 14.5 Å². The van der Waals surface area contributed by atoms with Crippen LogP contribution in [0.3, 0.4) is 0 Å². The molecule has 0 unspecified atom stereocenters. The molecule has 2 aromatic rings. The molecule has 2 atom stereocenters. The van der Waals surface area contributed by atoms with Gasteiger partial charge in [0.25, 0.3) is 0 Å². The standard InChI is InChI=1S/C17H23N3O/c1-14-10-17(15-4-3-5-16(11-15)21-2)20(12-14)9-8-19-7-6-18-13-19/h3-7,11,13-14,17H,8-10,12H2,1-2H3/t14-,17+/m0/s1. The van der Waals surface area contributed by atoms with Crippen LogP contribution >= 0.6 is 0 Å². The Morgan fingerprint density at radius 2 is 2.24 bits per heavy atom. The first kappa shape index (κ1) is 14.1. The van der Waals surface area contributed by atoms with E-state index in [9.17, 15) is 0 Å². The summed E-state index contributed by atoms with van der Waals surface area (Å²) < 4.78 is 7.51. The van der Waals surface area contributed by atoms with Crippen molar-refractivity contribution in [1.29, 1.82) is 0 Å². The van der Waals surface area contributed by atoms with Gasteiger partial charge in [-0.25, -0.2) is 4.98 Å². The number of benzene rings is 1. The molecule has 0 aliphatic carbocycles. The highest BCUT2D eigenvalue weighted by molar-refractivity contribution is 5.31. The summed E-state index contributed by atoms with van der Waals surface area (Å²) in [5, 5.41) is 0. The first-order chi connectivity index (χ1) is 10.3. The number of rotatable bonds is 5. The predicted octanol–water partition coefficient (Wildman–Crippen LogP) is 2.97. The Bertz CT molecular complexity index is 567. The third kappa shape index (κ3) is 3.27. The van der Waals surface area contributed by atoms with E-state index in [0.29, 0.717) is 6.04 Å². The lowest BCUT2D eigenvalue weighted by atomic mass is 10.0. The molecule has 0 radical (unpaired) electrons. The summed E-state index contributed by atoms with van der Waals surface area (Å²) in [6.07, 6.45) is 6.98. The van der Waals surface area contributed by atoms with E-state index in [4.69, 9.17) is 4.74 Å². The van der Waals surface area contributed by atoms with Gasteiger partial charge in [0.1, 0.15) is 5.75 Å². The SMILES string of the molecule is COc1cccc([C@H]2C[C@H](C)CN2CCn2ccnc2)c1. The second-order valence-electron chi connectivity index (χ2n) is 5.93. The topological polar surface area (TPSA) is 30.3 Å². The lowest BCUT2D eigenvalue weighted by Crippen LogP contribution is -2.27. The summed E-state index contributed by atoms with van der Waals surface area (Å²) in [4.78, 5) is 6.69. The van der Waals surface area contributed by atoms with Crippen molar-refractivity contribution < 1.29 is 4.74 Å². The largest absolute Gasteiger partial charge is 0.497 e. The van der Waals surface area contributed by atoms with Gasteiger partial charge in [0, 0.05) is 38.1 Å². The van der Waals surface area contributed by atoms with Gasteiger partial charge in [-0.05, 0) is 30.0 Å². The second kappa shape index (κ2) is 6.31. The molecular weight excluding hydrogens is 262 g/mol. The Balaban J connectivity index is 1.72. The van der Waals surface area contributed by atoms with Gasteiger partial charge in [0.05, 0.1) is 13.4 Å². The molecule has 0 N–H and O–H groups in total. The van der Waals surface area contributed by atoms with Crippen LogP contribution in [0.1, 0.15) is 24.9 Å². The van der Waals surface area contributed by atoms with Gasteiger partial charge in [-0.15, -0.1) is 0 Å². The normalized spacial score (nSPS) is 22.6. The van der Waals surface area contributed by atoms with E-state index in [2.05, 4.69) is 39.6 Å². The van der Waals surface area contributed by atoms with Crippen LogP contribution in [0.5, 0.6) is 5.75 Å². The van der Waals surface area contributed by atoms with Crippen molar-refractivity contribution >= 4 is 0 Å². The molecule has 21 heavy (non-hydrogen) atoms. The molecule has 0 amide bonds. The smallest absolute Gasteiger partial charge is 0.119 e. The van der Waals surface area contributed by atoms with Crippen LogP contribution < -0.4 is 4.74 Å². The van der Waals surface area contributed by atoms with Gasteiger partial charge in [0.2, 0.25) is 0 Å². The van der Waals surface area contributed by atoms with Gasteiger partial charge in [0.15, 0.2) is 0 Å². The number of hydrogen-bond donors (Lipinski definition) is 0. The number of aromatic nitrogens is 2. The molecule has 1 aromatic heterocycles. The average molecular weight is 285 g/mol. The molecule has 1 fully saturated rings. The van der Waals surface area contributed by atoms with E-state index in [0.717, 1.165) is 31.3 Å². The third-order valence-electron chi connectivity index (χ3n) is 4.30. The molecule has 112 valence electrons. The summed E-state index contributed by atoms with van der Waals surface area (Å²) in [6, 6.07) is 8.99. The molecule has 1 saturated heterocycles. The molecule has 3 rings (SSSR count). The fourth-order valence-electron chi connectivity index (χ4n) is 3.24. The molecule has 1 aromatic carbocycles. The monoisotopic (exact) mass is 285 g/mol. The molecule has 1 aliphatic heterocycles. The quantitative estimate of drug-likeness (QED) is 0.846. The number of hydrogen-bond acceptors (Lipinski definition) is 3. The molecule has 2 heterocycles. The van der Waals surface area contributed by atoms with Crippen molar-refractivity contribution in [2.45, 2.75) is 25.9 Å². The molecule has 4 heteroatoms. The van der Waals surface area contributed by atoms with Crippen LogP contribution in [-0.2, 0) is 6.54 Å². The molecule has 0 bridgehead atoms. The first-order valence-electron chi connectivity index (χ1n) is 7.60. The fourth-order valence-corrected chi connectivity index (χ4v) is 3.24. The number of methoxy groups -OCH3 is 1. The zero-order valence-electron chi connectivity index (χ0n) is 12.8. The van der Waals surface area contributed by atoms with E-state index >= 15 is 0 Å². The number of likely N-dealkylation sites (tertiary alicyclic amines) is 1. The van der Waals surface area contributed by atoms with Crippen LogP contribution in [0.2, 0.25) is 0 Å². The maximum atomic E-state index is 5.36. The summed E-state index contributed by atoms with van der Waals surface area (Å²) in [7, 11) is 1.73. The Morgan fingerprint density at radius 1 is 1.33 bits per heavy atom. The highest BCUT2D eigenvalue weighted by Gasteiger charge is 2.30. The minimum absolute atomic E-state index is 0.499. The van der Waals surface area contributed by atoms with Crippen molar-refractivity contribution in [3.05, 3.63) is 48.5 Å². The van der Waals surface area contributed by atoms with Crippen molar-refractivity contribution in [2.24, 2.45) is 5.92 Å². The Kier molecular flexibility index (Phi) is 4.25. The van der Waals surface area contributed by atoms with E-state index in [1.165, 1.54) is 12.0 Å². The summed E-state index contributed by atoms with van der Waals surface area (Å²) in [5.74, 6) is 1.69. The summed E-state index contributed by atoms with van der Waals surface area (Å²) >= 11 is 0. The van der Waals surface area contributed by atoms with Gasteiger partial charge in [-0.1, -0.05) is 19.1 Å². The maximum absolute atomic E-state index is 5.36. The zero-order chi connectivity index (χ0) is 14.7. The van der Waals surface area contributed by atoms with Crippen molar-refractivity contribution in [2.75, 3.05) is 20.2 Å². The highest BCUT2D eigenvalue weighted by Crippen LogP contribution is 2.36. The molecular formula is C17H23N3O. The Morgan fingerprint density at radius 3 is 3.00 bits per heavy atom. The van der Waals surface area contributed by atoms with Crippen LogP contribution in [0.15, 0.2) is 43.0 Å². The van der Waals surface area contributed by atoms with Crippen LogP contribution in [-0.4, -0.2) is 34.7 Å². The van der Waals surface area contributed by atoms with Crippen molar-refractivity contribution in [3.8, 4) is 5.75 Å². The Labute approximate surface area is 126 Å². The zero-order valence-corrected chi connectivity index (χ0v) is 12.8. The lowest BCUT2D eigenvalue weighted by Gasteiger charge is -2.25. The van der Waals surface area contributed by atoms with Crippen LogP contribution in [0.4, 0.5) is 0 Å². The number of nitrogens with zero attached hydrogens (tertiary/aromatic N) is 3. The van der Waals surface area contributed by atoms with Crippen LogP contribution in [0.25, 0.3) is 0 Å². The summed E-state index contributed by atoms with van der Waals surface area (Å²) in [5.41, 5.74) is 1.37. The second-order valence-corrected chi connectivity index (χ2v) is 5.93. The van der Waals surface area contributed by atoms with Crippen molar-refractivity contribution in [3.63, 3.8) is 0 Å². The third-order valence-corrected chi connectivity index (χ3v) is 4.30.